The van der Waals surface area contributed by atoms with E-state index in [0.29, 0.717) is 0 Å². The van der Waals surface area contributed by atoms with Gasteiger partial charge in [-0.1, -0.05) is 0 Å². The maximum atomic E-state index is 5.14. The molecule has 0 bridgehead atoms. The number of anilines is 2. The van der Waals surface area contributed by atoms with Crippen LogP contribution in [0.2, 0.25) is 0 Å². The van der Waals surface area contributed by atoms with Gasteiger partial charge in [0.15, 0.2) is 5.82 Å². The van der Waals surface area contributed by atoms with Crippen molar-refractivity contribution < 1.29 is 4.74 Å². The normalized spacial score (nSPS) is 10.6. The first kappa shape index (κ1) is 11.9. The monoisotopic (exact) mass is 271 g/mol. The minimum absolute atomic E-state index is 0.766. The smallest absolute Gasteiger partial charge is 0.152 e. The molecule has 0 amide bonds. The number of nitrogens with zero attached hydrogens (tertiary/aromatic N) is 2. The molecule has 96 valence electrons. The molecule has 0 atom stereocenters. The molecule has 1 aromatic carbocycles. The summed E-state index contributed by atoms with van der Waals surface area (Å²) in [7, 11) is 1.66. The van der Waals surface area contributed by atoms with Crippen LogP contribution in [0, 0.1) is 6.92 Å². The van der Waals surface area contributed by atoms with Gasteiger partial charge in [-0.05, 0) is 42.6 Å². The van der Waals surface area contributed by atoms with Crippen molar-refractivity contribution in [2.24, 2.45) is 0 Å². The van der Waals surface area contributed by atoms with Gasteiger partial charge in [-0.15, -0.1) is 11.3 Å². The molecule has 0 radical (unpaired) electrons. The second-order valence-electron chi connectivity index (χ2n) is 4.11. The molecule has 0 fully saturated rings. The summed E-state index contributed by atoms with van der Waals surface area (Å²) in [5.74, 6) is 2.45. The SMILES string of the molecule is COc1ccc(Nc2nc(C)nc3ccsc23)cc1. The molecule has 4 nitrogen and oxygen atoms in total. The fourth-order valence-electron chi connectivity index (χ4n) is 1.88. The second-order valence-corrected chi connectivity index (χ2v) is 5.02. The first-order valence-electron chi connectivity index (χ1n) is 5.89. The lowest BCUT2D eigenvalue weighted by Crippen LogP contribution is -1.97. The van der Waals surface area contributed by atoms with Gasteiger partial charge in [0.2, 0.25) is 0 Å². The zero-order valence-electron chi connectivity index (χ0n) is 10.7. The number of aryl methyl sites for hydroxylation is 1. The van der Waals surface area contributed by atoms with Crippen molar-refractivity contribution in [1.82, 2.24) is 9.97 Å². The van der Waals surface area contributed by atoms with E-state index in [1.807, 2.05) is 42.6 Å². The van der Waals surface area contributed by atoms with Crippen molar-refractivity contribution >= 4 is 33.1 Å². The van der Waals surface area contributed by atoms with Crippen LogP contribution in [0.15, 0.2) is 35.7 Å². The van der Waals surface area contributed by atoms with Gasteiger partial charge in [-0.3, -0.25) is 0 Å². The third-order valence-corrected chi connectivity index (χ3v) is 3.68. The highest BCUT2D eigenvalue weighted by Gasteiger charge is 2.07. The van der Waals surface area contributed by atoms with E-state index in [4.69, 9.17) is 4.74 Å². The molecule has 0 saturated carbocycles. The molecule has 3 rings (SSSR count). The van der Waals surface area contributed by atoms with Gasteiger partial charge in [0.1, 0.15) is 11.6 Å². The maximum Gasteiger partial charge on any atom is 0.152 e. The van der Waals surface area contributed by atoms with E-state index >= 15 is 0 Å². The molecule has 2 aromatic heterocycles. The summed E-state index contributed by atoms with van der Waals surface area (Å²) in [6.45, 7) is 1.90. The zero-order valence-corrected chi connectivity index (χ0v) is 11.5. The Labute approximate surface area is 115 Å². The number of nitrogens with one attached hydrogen (secondary N) is 1. The molecule has 3 aromatic rings. The van der Waals surface area contributed by atoms with E-state index in [-0.39, 0.29) is 0 Å². The number of rotatable bonds is 3. The molecule has 0 unspecified atom stereocenters. The standard InChI is InChI=1S/C14H13N3OS/c1-9-15-12-7-8-19-13(12)14(16-9)17-10-3-5-11(18-2)6-4-10/h3-8H,1-2H3,(H,15,16,17). The van der Waals surface area contributed by atoms with Crippen molar-refractivity contribution in [1.29, 1.82) is 0 Å². The van der Waals surface area contributed by atoms with E-state index in [1.165, 1.54) is 0 Å². The van der Waals surface area contributed by atoms with Gasteiger partial charge in [0.25, 0.3) is 0 Å². The Morgan fingerprint density at radius 1 is 1.11 bits per heavy atom. The van der Waals surface area contributed by atoms with E-state index in [2.05, 4.69) is 15.3 Å². The Morgan fingerprint density at radius 3 is 2.63 bits per heavy atom. The van der Waals surface area contributed by atoms with E-state index < -0.39 is 0 Å². The quantitative estimate of drug-likeness (QED) is 0.788. The predicted octanol–water partition coefficient (Wildman–Crippen LogP) is 3.75. The van der Waals surface area contributed by atoms with Gasteiger partial charge in [0.05, 0.1) is 17.3 Å². The van der Waals surface area contributed by atoms with Gasteiger partial charge >= 0.3 is 0 Å². The lowest BCUT2D eigenvalue weighted by molar-refractivity contribution is 0.415. The van der Waals surface area contributed by atoms with Crippen molar-refractivity contribution in [2.45, 2.75) is 6.92 Å². The minimum Gasteiger partial charge on any atom is -0.497 e. The van der Waals surface area contributed by atoms with Crippen molar-refractivity contribution in [3.05, 3.63) is 41.5 Å². The zero-order chi connectivity index (χ0) is 13.2. The molecule has 0 spiro atoms. The van der Waals surface area contributed by atoms with Crippen LogP contribution in [0.5, 0.6) is 5.75 Å². The van der Waals surface area contributed by atoms with Crippen molar-refractivity contribution in [3.8, 4) is 5.75 Å². The summed E-state index contributed by atoms with van der Waals surface area (Å²) >= 11 is 1.64. The van der Waals surface area contributed by atoms with Crippen LogP contribution in [-0.4, -0.2) is 17.1 Å². The third-order valence-electron chi connectivity index (χ3n) is 2.77. The Morgan fingerprint density at radius 2 is 1.89 bits per heavy atom. The van der Waals surface area contributed by atoms with Crippen LogP contribution in [0.3, 0.4) is 0 Å². The number of thiophene rings is 1. The Kier molecular flexibility index (Phi) is 3.05. The summed E-state index contributed by atoms with van der Waals surface area (Å²) < 4.78 is 6.22. The number of ether oxygens (including phenoxy) is 1. The van der Waals surface area contributed by atoms with Crippen LogP contribution in [0.4, 0.5) is 11.5 Å². The Balaban J connectivity index is 1.97. The summed E-state index contributed by atoms with van der Waals surface area (Å²) in [6, 6.07) is 9.78. The highest BCUT2D eigenvalue weighted by molar-refractivity contribution is 7.17. The second kappa shape index (κ2) is 4.85. The van der Waals surface area contributed by atoms with E-state index in [1.54, 1.807) is 18.4 Å². The number of hydrogen-bond donors (Lipinski definition) is 1. The minimum atomic E-state index is 0.766. The summed E-state index contributed by atoms with van der Waals surface area (Å²) in [4.78, 5) is 8.87. The van der Waals surface area contributed by atoms with Crippen LogP contribution in [0.1, 0.15) is 5.82 Å². The van der Waals surface area contributed by atoms with Crippen LogP contribution in [0.25, 0.3) is 10.2 Å². The molecule has 0 aliphatic rings. The highest BCUT2D eigenvalue weighted by atomic mass is 32.1. The number of aromatic nitrogens is 2. The summed E-state index contributed by atoms with van der Waals surface area (Å²) in [5, 5.41) is 5.35. The third kappa shape index (κ3) is 2.37. The van der Waals surface area contributed by atoms with Gasteiger partial charge in [0, 0.05) is 5.69 Å². The van der Waals surface area contributed by atoms with Crippen LogP contribution >= 0.6 is 11.3 Å². The van der Waals surface area contributed by atoms with Crippen molar-refractivity contribution in [2.75, 3.05) is 12.4 Å². The summed E-state index contributed by atoms with van der Waals surface area (Å²) in [5.41, 5.74) is 1.96. The highest BCUT2D eigenvalue weighted by Crippen LogP contribution is 2.28. The number of hydrogen-bond acceptors (Lipinski definition) is 5. The topological polar surface area (TPSA) is 47.0 Å². The van der Waals surface area contributed by atoms with Crippen LogP contribution < -0.4 is 10.1 Å². The fraction of sp³-hybridized carbons (Fsp3) is 0.143. The first-order valence-corrected chi connectivity index (χ1v) is 6.77. The first-order chi connectivity index (χ1) is 9.26. The number of methoxy groups -OCH3 is 1. The molecule has 2 heterocycles. The van der Waals surface area contributed by atoms with E-state index in [9.17, 15) is 0 Å². The van der Waals surface area contributed by atoms with E-state index in [0.717, 1.165) is 33.3 Å². The number of benzene rings is 1. The average molecular weight is 271 g/mol. The average Bonchev–Trinajstić information content (AvgIpc) is 2.88. The molecule has 0 saturated heterocycles. The van der Waals surface area contributed by atoms with Gasteiger partial charge in [-0.2, -0.15) is 0 Å². The predicted molar refractivity (Wildman–Crippen MR) is 78.4 cm³/mol. The van der Waals surface area contributed by atoms with Crippen molar-refractivity contribution in [3.63, 3.8) is 0 Å². The molecular weight excluding hydrogens is 258 g/mol. The Bertz CT molecular complexity index is 706. The maximum absolute atomic E-state index is 5.14. The largest absolute Gasteiger partial charge is 0.497 e. The molecule has 19 heavy (non-hydrogen) atoms. The summed E-state index contributed by atoms with van der Waals surface area (Å²) in [6.07, 6.45) is 0. The number of fused-ring (bicyclic) bond motifs is 1. The van der Waals surface area contributed by atoms with Gasteiger partial charge < -0.3 is 10.1 Å². The molecule has 0 aliphatic carbocycles. The Hall–Kier alpha value is -2.14. The lowest BCUT2D eigenvalue weighted by atomic mass is 10.3. The van der Waals surface area contributed by atoms with Crippen LogP contribution in [-0.2, 0) is 0 Å². The molecule has 5 heteroatoms. The fourth-order valence-corrected chi connectivity index (χ4v) is 2.65. The molecule has 0 aliphatic heterocycles. The molecular formula is C14H13N3OS. The molecule has 1 N–H and O–H groups in total. The lowest BCUT2D eigenvalue weighted by Gasteiger charge is -2.08. The van der Waals surface area contributed by atoms with Gasteiger partial charge in [-0.25, -0.2) is 9.97 Å².